The van der Waals surface area contributed by atoms with E-state index < -0.39 is 0 Å². The number of hydrogen-bond donors (Lipinski definition) is 1. The van der Waals surface area contributed by atoms with E-state index in [0.717, 1.165) is 19.3 Å². The summed E-state index contributed by atoms with van der Waals surface area (Å²) in [5.74, 6) is 0.472. The first-order valence-corrected chi connectivity index (χ1v) is 6.85. The van der Waals surface area contributed by atoms with Crippen LogP contribution < -0.4 is 5.32 Å². The van der Waals surface area contributed by atoms with E-state index in [4.69, 9.17) is 16.0 Å². The maximum atomic E-state index is 5.87. The van der Waals surface area contributed by atoms with Crippen LogP contribution in [0.3, 0.4) is 0 Å². The molecule has 0 saturated heterocycles. The zero-order chi connectivity index (χ0) is 12.7. The fourth-order valence-corrected chi connectivity index (χ4v) is 1.80. The number of hydrogen-bond acceptors (Lipinski definition) is 4. The van der Waals surface area contributed by atoms with Crippen molar-refractivity contribution in [3.8, 4) is 0 Å². The van der Waals surface area contributed by atoms with Crippen LogP contribution in [0, 0.1) is 0 Å². The van der Waals surface area contributed by atoms with Gasteiger partial charge < -0.3 is 9.73 Å². The second kappa shape index (κ2) is 7.54. The highest BCUT2D eigenvalue weighted by atomic mass is 35.5. The van der Waals surface area contributed by atoms with Gasteiger partial charge in [-0.1, -0.05) is 38.2 Å². The Kier molecular flexibility index (Phi) is 6.34. The first kappa shape index (κ1) is 14.3. The van der Waals surface area contributed by atoms with E-state index in [0.29, 0.717) is 17.9 Å². The van der Waals surface area contributed by atoms with Crippen molar-refractivity contribution in [1.29, 1.82) is 0 Å². The molecule has 1 heterocycles. The second-order valence-electron chi connectivity index (χ2n) is 4.33. The van der Waals surface area contributed by atoms with Gasteiger partial charge in [-0.25, -0.2) is 0 Å². The van der Waals surface area contributed by atoms with Gasteiger partial charge in [0.05, 0.1) is 0 Å². The van der Waals surface area contributed by atoms with Crippen molar-refractivity contribution >= 4 is 17.6 Å². The SMILES string of the molecule is CCCCC(CCC)Nc1nnc(C(C)Cl)o1. The van der Waals surface area contributed by atoms with E-state index in [1.165, 1.54) is 12.8 Å². The van der Waals surface area contributed by atoms with Crippen LogP contribution >= 0.6 is 11.6 Å². The monoisotopic (exact) mass is 259 g/mol. The van der Waals surface area contributed by atoms with Crippen molar-refractivity contribution in [3.63, 3.8) is 0 Å². The normalized spacial score (nSPS) is 14.6. The van der Waals surface area contributed by atoms with Crippen molar-refractivity contribution in [2.24, 2.45) is 0 Å². The molecule has 98 valence electrons. The van der Waals surface area contributed by atoms with Gasteiger partial charge in [0.25, 0.3) is 0 Å². The lowest BCUT2D eigenvalue weighted by Gasteiger charge is -2.15. The molecule has 1 rings (SSSR count). The summed E-state index contributed by atoms with van der Waals surface area (Å²) in [5, 5.41) is 10.9. The number of anilines is 1. The third kappa shape index (κ3) is 4.94. The molecular formula is C12H22ClN3O. The third-order valence-electron chi connectivity index (χ3n) is 2.65. The third-order valence-corrected chi connectivity index (χ3v) is 2.84. The summed E-state index contributed by atoms with van der Waals surface area (Å²) in [5.41, 5.74) is 0. The summed E-state index contributed by atoms with van der Waals surface area (Å²) >= 11 is 5.87. The van der Waals surface area contributed by atoms with Gasteiger partial charge in [0, 0.05) is 6.04 Å². The minimum atomic E-state index is -0.238. The van der Waals surface area contributed by atoms with Gasteiger partial charge in [-0.2, -0.15) is 0 Å². The van der Waals surface area contributed by atoms with E-state index >= 15 is 0 Å². The molecule has 0 radical (unpaired) electrons. The van der Waals surface area contributed by atoms with Gasteiger partial charge in [0.2, 0.25) is 5.89 Å². The van der Waals surface area contributed by atoms with Crippen LogP contribution in [0.4, 0.5) is 6.01 Å². The number of unbranched alkanes of at least 4 members (excludes halogenated alkanes) is 1. The number of nitrogens with one attached hydrogen (secondary N) is 1. The van der Waals surface area contributed by atoms with Gasteiger partial charge in [-0.3, -0.25) is 0 Å². The molecule has 2 atom stereocenters. The lowest BCUT2D eigenvalue weighted by molar-refractivity contribution is 0.484. The topological polar surface area (TPSA) is 51.0 Å². The van der Waals surface area contributed by atoms with Gasteiger partial charge in [-0.15, -0.1) is 16.7 Å². The van der Waals surface area contributed by atoms with E-state index in [1.54, 1.807) is 0 Å². The average molecular weight is 260 g/mol. The summed E-state index contributed by atoms with van der Waals surface area (Å²) in [6.07, 6.45) is 5.82. The maximum absolute atomic E-state index is 5.87. The van der Waals surface area contributed by atoms with Crippen LogP contribution in [0.2, 0.25) is 0 Å². The molecule has 1 N–H and O–H groups in total. The van der Waals surface area contributed by atoms with E-state index in [9.17, 15) is 0 Å². The summed E-state index contributed by atoms with van der Waals surface area (Å²) in [6.45, 7) is 6.20. The van der Waals surface area contributed by atoms with Crippen LogP contribution in [0.15, 0.2) is 4.42 Å². The van der Waals surface area contributed by atoms with E-state index in [-0.39, 0.29) is 5.38 Å². The molecule has 2 unspecified atom stereocenters. The van der Waals surface area contributed by atoms with Gasteiger partial charge in [-0.05, 0) is 19.8 Å². The van der Waals surface area contributed by atoms with Crippen LogP contribution in [-0.2, 0) is 0 Å². The molecule has 1 aromatic rings. The molecule has 0 aliphatic carbocycles. The molecule has 1 aromatic heterocycles. The highest BCUT2D eigenvalue weighted by molar-refractivity contribution is 6.20. The Morgan fingerprint density at radius 1 is 1.24 bits per heavy atom. The zero-order valence-corrected chi connectivity index (χ0v) is 11.6. The van der Waals surface area contributed by atoms with Crippen LogP contribution in [0.25, 0.3) is 0 Å². The molecular weight excluding hydrogens is 238 g/mol. The molecule has 4 nitrogen and oxygen atoms in total. The fraction of sp³-hybridized carbons (Fsp3) is 0.833. The van der Waals surface area contributed by atoms with E-state index in [1.807, 2.05) is 6.92 Å². The van der Waals surface area contributed by atoms with Gasteiger partial charge in [0.1, 0.15) is 5.38 Å². The van der Waals surface area contributed by atoms with Crippen molar-refractivity contribution in [1.82, 2.24) is 10.2 Å². The van der Waals surface area contributed by atoms with E-state index in [2.05, 4.69) is 29.4 Å². The predicted octanol–water partition coefficient (Wildman–Crippen LogP) is 4.14. The number of aromatic nitrogens is 2. The first-order valence-electron chi connectivity index (χ1n) is 6.41. The molecule has 0 aliphatic rings. The first-order chi connectivity index (χ1) is 8.17. The smallest absolute Gasteiger partial charge is 0.315 e. The summed E-state index contributed by atoms with van der Waals surface area (Å²) in [6, 6.07) is 0.904. The summed E-state index contributed by atoms with van der Waals surface area (Å²) < 4.78 is 5.44. The Morgan fingerprint density at radius 2 is 2.00 bits per heavy atom. The van der Waals surface area contributed by atoms with Crippen LogP contribution in [0.1, 0.15) is 64.1 Å². The molecule has 0 spiro atoms. The van der Waals surface area contributed by atoms with Gasteiger partial charge in [0.15, 0.2) is 0 Å². The Hall–Kier alpha value is -0.770. The zero-order valence-electron chi connectivity index (χ0n) is 10.9. The Morgan fingerprint density at radius 3 is 2.53 bits per heavy atom. The standard InChI is InChI=1S/C12H22ClN3O/c1-4-6-8-10(7-5-2)14-12-16-15-11(17-12)9(3)13/h9-10H,4-8H2,1-3H3,(H,14,16). The minimum Gasteiger partial charge on any atom is -0.406 e. The highest BCUT2D eigenvalue weighted by Crippen LogP contribution is 2.20. The van der Waals surface area contributed by atoms with Crippen LogP contribution in [-0.4, -0.2) is 16.2 Å². The Bertz CT molecular complexity index is 314. The maximum Gasteiger partial charge on any atom is 0.315 e. The molecule has 0 saturated carbocycles. The van der Waals surface area contributed by atoms with Crippen molar-refractivity contribution in [2.75, 3.05) is 5.32 Å². The molecule has 17 heavy (non-hydrogen) atoms. The number of alkyl halides is 1. The largest absolute Gasteiger partial charge is 0.406 e. The molecule has 0 bridgehead atoms. The molecule has 0 aliphatic heterocycles. The molecule has 0 fully saturated rings. The van der Waals surface area contributed by atoms with Crippen molar-refractivity contribution < 1.29 is 4.42 Å². The average Bonchev–Trinajstić information content (AvgIpc) is 2.75. The molecule has 0 amide bonds. The number of rotatable bonds is 8. The lowest BCUT2D eigenvalue weighted by Crippen LogP contribution is -2.19. The van der Waals surface area contributed by atoms with Crippen molar-refractivity contribution in [3.05, 3.63) is 5.89 Å². The number of halogens is 1. The quantitative estimate of drug-likeness (QED) is 0.713. The summed E-state index contributed by atoms with van der Waals surface area (Å²) in [4.78, 5) is 0. The molecule has 5 heteroatoms. The predicted molar refractivity (Wildman–Crippen MR) is 70.4 cm³/mol. The molecule has 0 aromatic carbocycles. The van der Waals surface area contributed by atoms with Crippen LogP contribution in [0.5, 0.6) is 0 Å². The lowest BCUT2D eigenvalue weighted by atomic mass is 10.1. The highest BCUT2D eigenvalue weighted by Gasteiger charge is 2.14. The summed E-state index contributed by atoms with van der Waals surface area (Å²) in [7, 11) is 0. The van der Waals surface area contributed by atoms with Gasteiger partial charge >= 0.3 is 6.01 Å². The second-order valence-corrected chi connectivity index (χ2v) is 4.99. The van der Waals surface area contributed by atoms with Crippen molar-refractivity contribution in [2.45, 2.75) is 64.3 Å². The minimum absolute atomic E-state index is 0.238. The number of nitrogens with zero attached hydrogens (tertiary/aromatic N) is 2. The fourth-order valence-electron chi connectivity index (χ4n) is 1.72. The Labute approximate surface area is 108 Å². The Balaban J connectivity index is 2.52.